The third kappa shape index (κ3) is 4.92. The van der Waals surface area contributed by atoms with Gasteiger partial charge in [0.05, 0.1) is 25.4 Å². The molecule has 1 amide bonds. The van der Waals surface area contributed by atoms with Gasteiger partial charge >= 0.3 is 0 Å². The van der Waals surface area contributed by atoms with Crippen LogP contribution in [0.5, 0.6) is 0 Å². The molecule has 2 heterocycles. The second-order valence-corrected chi connectivity index (χ2v) is 7.53. The minimum Gasteiger partial charge on any atom is -0.394 e. The van der Waals surface area contributed by atoms with E-state index in [0.29, 0.717) is 13.0 Å². The highest BCUT2D eigenvalue weighted by molar-refractivity contribution is 7.09. The second-order valence-electron chi connectivity index (χ2n) is 6.50. The molecule has 120 valence electrons. The van der Waals surface area contributed by atoms with E-state index < -0.39 is 0 Å². The summed E-state index contributed by atoms with van der Waals surface area (Å²) in [5.41, 5.74) is 0.293. The summed E-state index contributed by atoms with van der Waals surface area (Å²) >= 11 is 1.63. The molecule has 0 fully saturated rings. The zero-order valence-electron chi connectivity index (χ0n) is 13.1. The van der Waals surface area contributed by atoms with Crippen molar-refractivity contribution < 1.29 is 9.90 Å². The average Bonchev–Trinajstić information content (AvgIpc) is 3.08. The number of nitrogens with one attached hydrogen (secondary N) is 1. The Bertz CT molecular complexity index is 601. The van der Waals surface area contributed by atoms with Gasteiger partial charge in [0.25, 0.3) is 5.91 Å². The summed E-state index contributed by atoms with van der Waals surface area (Å²) < 4.78 is 1.64. The molecule has 7 heteroatoms. The van der Waals surface area contributed by atoms with E-state index in [1.54, 1.807) is 22.2 Å². The maximum absolute atomic E-state index is 12.2. The summed E-state index contributed by atoms with van der Waals surface area (Å²) in [6.45, 7) is 6.72. The van der Waals surface area contributed by atoms with Crippen LogP contribution in [0.2, 0.25) is 0 Å². The fourth-order valence-corrected chi connectivity index (χ4v) is 2.90. The van der Waals surface area contributed by atoms with Crippen molar-refractivity contribution in [3.05, 3.63) is 34.3 Å². The van der Waals surface area contributed by atoms with Crippen molar-refractivity contribution in [2.45, 2.75) is 39.8 Å². The summed E-state index contributed by atoms with van der Waals surface area (Å²) in [5, 5.41) is 22.1. The number of hydrogen-bond acceptors (Lipinski definition) is 5. The van der Waals surface area contributed by atoms with Crippen LogP contribution in [0.15, 0.2) is 23.7 Å². The molecular formula is C15H22N4O2S. The zero-order chi connectivity index (χ0) is 16.2. The molecule has 1 unspecified atom stereocenters. The number of aromatic nitrogens is 3. The van der Waals surface area contributed by atoms with Gasteiger partial charge < -0.3 is 10.4 Å². The number of carbonyl (C=O) groups excluding carboxylic acids is 1. The Hall–Kier alpha value is -1.73. The van der Waals surface area contributed by atoms with Crippen LogP contribution < -0.4 is 5.32 Å². The maximum Gasteiger partial charge on any atom is 0.273 e. The second kappa shape index (κ2) is 7.02. The van der Waals surface area contributed by atoms with E-state index in [1.807, 2.05) is 17.5 Å². The molecule has 0 aliphatic carbocycles. The van der Waals surface area contributed by atoms with Crippen molar-refractivity contribution >= 4 is 17.2 Å². The molecule has 0 aliphatic rings. The number of hydrogen-bond donors (Lipinski definition) is 2. The van der Waals surface area contributed by atoms with Crippen molar-refractivity contribution in [2.75, 3.05) is 6.61 Å². The molecule has 2 aromatic heterocycles. The van der Waals surface area contributed by atoms with Crippen molar-refractivity contribution in [3.63, 3.8) is 0 Å². The van der Waals surface area contributed by atoms with E-state index >= 15 is 0 Å². The highest BCUT2D eigenvalue weighted by Gasteiger charge is 2.21. The Morgan fingerprint density at radius 2 is 2.27 bits per heavy atom. The predicted octanol–water partition coefficient (Wildman–Crippen LogP) is 1.91. The fourth-order valence-electron chi connectivity index (χ4n) is 2.20. The Kier molecular flexibility index (Phi) is 5.31. The summed E-state index contributed by atoms with van der Waals surface area (Å²) in [7, 11) is 0. The summed E-state index contributed by atoms with van der Waals surface area (Å²) in [5.74, 6) is -0.305. The number of amides is 1. The molecule has 6 nitrogen and oxygen atoms in total. The lowest BCUT2D eigenvalue weighted by Crippen LogP contribution is -2.40. The first-order chi connectivity index (χ1) is 10.4. The third-order valence-electron chi connectivity index (χ3n) is 3.08. The van der Waals surface area contributed by atoms with Crippen LogP contribution in [-0.2, 0) is 6.54 Å². The highest BCUT2D eigenvalue weighted by atomic mass is 32.1. The van der Waals surface area contributed by atoms with E-state index in [-0.39, 0.29) is 29.7 Å². The molecule has 0 spiro atoms. The molecule has 0 bridgehead atoms. The lowest BCUT2D eigenvalue weighted by Gasteiger charge is -2.25. The lowest BCUT2D eigenvalue weighted by molar-refractivity contribution is 0.0892. The Morgan fingerprint density at radius 1 is 1.50 bits per heavy atom. The monoisotopic (exact) mass is 322 g/mol. The summed E-state index contributed by atoms with van der Waals surface area (Å²) in [6, 6.07) is 3.70. The molecule has 0 aromatic carbocycles. The van der Waals surface area contributed by atoms with Gasteiger partial charge in [0.1, 0.15) is 0 Å². The highest BCUT2D eigenvalue weighted by Crippen LogP contribution is 2.20. The van der Waals surface area contributed by atoms with Gasteiger partial charge in [-0.3, -0.25) is 4.79 Å². The van der Waals surface area contributed by atoms with Gasteiger partial charge in [-0.1, -0.05) is 32.1 Å². The van der Waals surface area contributed by atoms with Gasteiger partial charge in [-0.25, -0.2) is 4.68 Å². The molecule has 2 aromatic rings. The summed E-state index contributed by atoms with van der Waals surface area (Å²) in [4.78, 5) is 13.3. The van der Waals surface area contributed by atoms with E-state index in [9.17, 15) is 9.90 Å². The molecule has 0 saturated heterocycles. The van der Waals surface area contributed by atoms with Gasteiger partial charge in [-0.2, -0.15) is 0 Å². The molecule has 0 radical (unpaired) electrons. The third-order valence-corrected chi connectivity index (χ3v) is 3.94. The molecule has 2 rings (SSSR count). The molecule has 1 atom stereocenters. The normalized spacial score (nSPS) is 13.1. The quantitative estimate of drug-likeness (QED) is 0.851. The number of aliphatic hydroxyl groups is 1. The zero-order valence-corrected chi connectivity index (χ0v) is 13.9. The Morgan fingerprint density at radius 3 is 2.86 bits per heavy atom. The fraction of sp³-hybridized carbons (Fsp3) is 0.533. The first kappa shape index (κ1) is 16.6. The number of thiophene rings is 1. The minimum absolute atomic E-state index is 0.0253. The first-order valence-electron chi connectivity index (χ1n) is 7.21. The number of nitrogens with zero attached hydrogens (tertiary/aromatic N) is 3. The minimum atomic E-state index is -0.305. The SMILES string of the molecule is CC(C)(C)CC(CO)NC(=O)c1cn(Cc2cccs2)nn1. The molecule has 0 aliphatic heterocycles. The van der Waals surface area contributed by atoms with Gasteiger partial charge in [0.15, 0.2) is 5.69 Å². The van der Waals surface area contributed by atoms with Gasteiger partial charge in [-0.15, -0.1) is 16.4 Å². The Balaban J connectivity index is 1.96. The van der Waals surface area contributed by atoms with Crippen LogP contribution in [0.1, 0.15) is 42.6 Å². The van der Waals surface area contributed by atoms with Crippen LogP contribution in [0.4, 0.5) is 0 Å². The molecule has 2 N–H and O–H groups in total. The van der Waals surface area contributed by atoms with Crippen LogP contribution in [-0.4, -0.2) is 38.7 Å². The number of rotatable bonds is 6. The van der Waals surface area contributed by atoms with E-state index in [0.717, 1.165) is 4.88 Å². The van der Waals surface area contributed by atoms with Crippen LogP contribution in [0.25, 0.3) is 0 Å². The van der Waals surface area contributed by atoms with E-state index in [2.05, 4.69) is 36.4 Å². The topological polar surface area (TPSA) is 80.0 Å². The summed E-state index contributed by atoms with van der Waals surface area (Å²) in [6.07, 6.45) is 2.32. The molecule has 0 saturated carbocycles. The van der Waals surface area contributed by atoms with Gasteiger partial charge in [-0.05, 0) is 23.3 Å². The van der Waals surface area contributed by atoms with E-state index in [1.165, 1.54) is 0 Å². The predicted molar refractivity (Wildman–Crippen MR) is 85.9 cm³/mol. The van der Waals surface area contributed by atoms with E-state index in [4.69, 9.17) is 0 Å². The van der Waals surface area contributed by atoms with Crippen LogP contribution in [0, 0.1) is 5.41 Å². The lowest BCUT2D eigenvalue weighted by atomic mass is 9.88. The Labute approximate surface area is 134 Å². The standard InChI is InChI=1S/C15H22N4O2S/c1-15(2,3)7-11(10-20)16-14(21)13-9-19(18-17-13)8-12-5-4-6-22-12/h4-6,9,11,20H,7-8,10H2,1-3H3,(H,16,21). The van der Waals surface area contributed by atoms with Crippen LogP contribution in [0.3, 0.4) is 0 Å². The van der Waals surface area contributed by atoms with Crippen molar-refractivity contribution in [2.24, 2.45) is 5.41 Å². The first-order valence-corrected chi connectivity index (χ1v) is 8.09. The van der Waals surface area contributed by atoms with Crippen molar-refractivity contribution in [1.82, 2.24) is 20.3 Å². The number of carbonyl (C=O) groups is 1. The van der Waals surface area contributed by atoms with Crippen molar-refractivity contribution in [1.29, 1.82) is 0 Å². The average molecular weight is 322 g/mol. The van der Waals surface area contributed by atoms with Crippen molar-refractivity contribution in [3.8, 4) is 0 Å². The smallest absolute Gasteiger partial charge is 0.273 e. The number of aliphatic hydroxyl groups excluding tert-OH is 1. The van der Waals surface area contributed by atoms with Crippen LogP contribution >= 0.6 is 11.3 Å². The van der Waals surface area contributed by atoms with Gasteiger partial charge in [0.2, 0.25) is 0 Å². The molecular weight excluding hydrogens is 300 g/mol. The molecule has 22 heavy (non-hydrogen) atoms. The maximum atomic E-state index is 12.2. The largest absolute Gasteiger partial charge is 0.394 e. The van der Waals surface area contributed by atoms with Gasteiger partial charge in [0, 0.05) is 4.88 Å².